The molecule has 0 saturated heterocycles. The van der Waals surface area contributed by atoms with Gasteiger partial charge in [0.1, 0.15) is 0 Å². The van der Waals surface area contributed by atoms with Gasteiger partial charge >= 0.3 is 0 Å². The summed E-state index contributed by atoms with van der Waals surface area (Å²) in [6, 6.07) is 8.46. The molecular formula is C14H21N3OS. The summed E-state index contributed by atoms with van der Waals surface area (Å²) in [4.78, 5) is 4.65. The first kappa shape index (κ1) is 14.4. The van der Waals surface area contributed by atoms with Crippen molar-refractivity contribution in [3.8, 4) is 0 Å². The Balaban J connectivity index is 2.01. The number of fused-ring (bicyclic) bond motifs is 1. The van der Waals surface area contributed by atoms with Crippen LogP contribution in [0.3, 0.4) is 0 Å². The molecule has 3 N–H and O–H groups in total. The molecular weight excluding hydrogens is 258 g/mol. The molecule has 0 saturated carbocycles. The Morgan fingerprint density at radius 2 is 2.21 bits per heavy atom. The third-order valence-electron chi connectivity index (χ3n) is 3.13. The molecule has 2 aromatic rings. The maximum absolute atomic E-state index is 5.65. The van der Waals surface area contributed by atoms with Gasteiger partial charge in [-0.1, -0.05) is 19.1 Å². The average Bonchev–Trinajstić information content (AvgIpc) is 2.80. The normalized spacial score (nSPS) is 14.7. The van der Waals surface area contributed by atoms with Crippen molar-refractivity contribution < 1.29 is 4.74 Å². The van der Waals surface area contributed by atoms with E-state index in [9.17, 15) is 0 Å². The molecule has 0 aliphatic carbocycles. The van der Waals surface area contributed by atoms with Crippen molar-refractivity contribution in [2.75, 3.05) is 13.7 Å². The van der Waals surface area contributed by atoms with E-state index in [2.05, 4.69) is 23.4 Å². The van der Waals surface area contributed by atoms with Gasteiger partial charge in [0, 0.05) is 26.2 Å². The first-order chi connectivity index (χ1) is 9.22. The third kappa shape index (κ3) is 3.98. The minimum absolute atomic E-state index is 0.241. The maximum Gasteiger partial charge on any atom is 0.0954 e. The molecule has 0 radical (unpaired) electrons. The van der Waals surface area contributed by atoms with Crippen LogP contribution in [0.25, 0.3) is 10.2 Å². The smallest absolute Gasteiger partial charge is 0.0954 e. The molecule has 0 aliphatic rings. The number of benzene rings is 1. The molecule has 0 spiro atoms. The van der Waals surface area contributed by atoms with Crippen molar-refractivity contribution in [1.29, 1.82) is 0 Å². The third-order valence-corrected chi connectivity index (χ3v) is 4.19. The summed E-state index contributed by atoms with van der Waals surface area (Å²) in [7, 11) is 1.73. The van der Waals surface area contributed by atoms with Gasteiger partial charge in [0.15, 0.2) is 0 Å². The summed E-state index contributed by atoms with van der Waals surface area (Å²) < 4.78 is 6.40. The van der Waals surface area contributed by atoms with Crippen LogP contribution in [0.15, 0.2) is 24.3 Å². The van der Waals surface area contributed by atoms with Gasteiger partial charge in [-0.25, -0.2) is 4.98 Å². The Morgan fingerprint density at radius 1 is 1.42 bits per heavy atom. The Bertz CT molecular complexity index is 481. The molecule has 1 aromatic carbocycles. The lowest BCUT2D eigenvalue weighted by Gasteiger charge is -2.18. The second kappa shape index (κ2) is 6.96. The average molecular weight is 279 g/mol. The van der Waals surface area contributed by atoms with Gasteiger partial charge in [0.25, 0.3) is 0 Å². The fraction of sp³-hybridized carbons (Fsp3) is 0.500. The molecule has 104 valence electrons. The molecule has 4 nitrogen and oxygen atoms in total. The molecule has 1 heterocycles. The Kier molecular flexibility index (Phi) is 5.27. The van der Waals surface area contributed by atoms with Gasteiger partial charge in [-0.3, -0.25) is 11.3 Å². The number of nitrogens with zero attached hydrogens (tertiary/aromatic N) is 1. The van der Waals surface area contributed by atoms with Crippen LogP contribution in [0.5, 0.6) is 0 Å². The molecule has 0 bridgehead atoms. The van der Waals surface area contributed by atoms with Gasteiger partial charge in [0.2, 0.25) is 0 Å². The number of methoxy groups -OCH3 is 1. The number of hydrazine groups is 1. The first-order valence-corrected chi connectivity index (χ1v) is 7.34. The molecule has 2 atom stereocenters. The Hall–Kier alpha value is -1.01. The molecule has 0 aliphatic heterocycles. The number of nitrogens with two attached hydrogens (primary N) is 1. The topological polar surface area (TPSA) is 60.2 Å². The number of nitrogens with one attached hydrogen (secondary N) is 1. The Morgan fingerprint density at radius 3 is 2.89 bits per heavy atom. The van der Waals surface area contributed by atoms with Crippen LogP contribution in [0.4, 0.5) is 0 Å². The minimum Gasteiger partial charge on any atom is -0.384 e. The molecule has 1 aromatic heterocycles. The van der Waals surface area contributed by atoms with Gasteiger partial charge in [0.05, 0.1) is 15.2 Å². The van der Waals surface area contributed by atoms with Crippen molar-refractivity contribution in [3.63, 3.8) is 0 Å². The van der Waals surface area contributed by atoms with E-state index >= 15 is 0 Å². The summed E-state index contributed by atoms with van der Waals surface area (Å²) in [5.74, 6) is 6.13. The zero-order valence-electron chi connectivity index (χ0n) is 11.4. The van der Waals surface area contributed by atoms with E-state index in [-0.39, 0.29) is 6.04 Å². The first-order valence-electron chi connectivity index (χ1n) is 6.52. The minimum atomic E-state index is 0.241. The predicted octanol–water partition coefficient (Wildman–Crippen LogP) is 2.34. The van der Waals surface area contributed by atoms with E-state index in [1.807, 2.05) is 18.2 Å². The highest BCUT2D eigenvalue weighted by atomic mass is 32.1. The zero-order valence-corrected chi connectivity index (χ0v) is 12.2. The summed E-state index contributed by atoms with van der Waals surface area (Å²) >= 11 is 1.74. The molecule has 2 rings (SSSR count). The molecule has 19 heavy (non-hydrogen) atoms. The highest BCUT2D eigenvalue weighted by Gasteiger charge is 2.15. The van der Waals surface area contributed by atoms with E-state index in [4.69, 9.17) is 10.6 Å². The second-order valence-corrected chi connectivity index (χ2v) is 6.05. The van der Waals surface area contributed by atoms with Crippen LogP contribution in [0.1, 0.15) is 18.4 Å². The number of aromatic nitrogens is 1. The van der Waals surface area contributed by atoms with E-state index in [0.29, 0.717) is 5.92 Å². The quantitative estimate of drug-likeness (QED) is 0.603. The number of hydrogen-bond acceptors (Lipinski definition) is 5. The van der Waals surface area contributed by atoms with E-state index < -0.39 is 0 Å². The number of hydrogen-bond donors (Lipinski definition) is 2. The summed E-state index contributed by atoms with van der Waals surface area (Å²) in [5, 5.41) is 1.13. The van der Waals surface area contributed by atoms with Crippen LogP contribution in [0, 0.1) is 5.92 Å². The molecule has 5 heteroatoms. The molecule has 0 fully saturated rings. The van der Waals surface area contributed by atoms with Gasteiger partial charge in [-0.15, -0.1) is 11.3 Å². The van der Waals surface area contributed by atoms with E-state index in [0.717, 1.165) is 30.0 Å². The number of ether oxygens (including phenoxy) is 1. The van der Waals surface area contributed by atoms with Crippen molar-refractivity contribution in [2.45, 2.75) is 25.8 Å². The maximum atomic E-state index is 5.65. The summed E-state index contributed by atoms with van der Waals surface area (Å²) in [6.07, 6.45) is 1.85. The lowest BCUT2D eigenvalue weighted by atomic mass is 10.0. The molecule has 2 unspecified atom stereocenters. The Labute approximate surface area is 118 Å². The second-order valence-electron chi connectivity index (χ2n) is 4.94. The number of rotatable bonds is 7. The SMILES string of the molecule is COCC(C)CC(Cc1nc2ccccc2s1)NN. The van der Waals surface area contributed by atoms with E-state index in [1.54, 1.807) is 18.4 Å². The van der Waals surface area contributed by atoms with Crippen LogP contribution in [0.2, 0.25) is 0 Å². The lowest BCUT2D eigenvalue weighted by molar-refractivity contribution is 0.149. The highest BCUT2D eigenvalue weighted by Crippen LogP contribution is 2.23. The van der Waals surface area contributed by atoms with Gasteiger partial charge < -0.3 is 4.74 Å². The van der Waals surface area contributed by atoms with Crippen LogP contribution in [-0.2, 0) is 11.2 Å². The van der Waals surface area contributed by atoms with E-state index in [1.165, 1.54) is 4.70 Å². The molecule has 0 amide bonds. The lowest BCUT2D eigenvalue weighted by Crippen LogP contribution is -2.38. The largest absolute Gasteiger partial charge is 0.384 e. The number of para-hydroxylation sites is 1. The van der Waals surface area contributed by atoms with Crippen LogP contribution in [-0.4, -0.2) is 24.7 Å². The fourth-order valence-electron chi connectivity index (χ4n) is 2.27. The standard InChI is InChI=1S/C14H21N3OS/c1-10(9-18-2)7-11(17-15)8-14-16-12-5-3-4-6-13(12)19-14/h3-6,10-11,17H,7-9,15H2,1-2H3. The van der Waals surface area contributed by atoms with Gasteiger partial charge in [-0.2, -0.15) is 0 Å². The van der Waals surface area contributed by atoms with Crippen LogP contribution >= 0.6 is 11.3 Å². The summed E-state index contributed by atoms with van der Waals surface area (Å²) in [6.45, 7) is 2.93. The van der Waals surface area contributed by atoms with Crippen molar-refractivity contribution in [3.05, 3.63) is 29.3 Å². The summed E-state index contributed by atoms with van der Waals surface area (Å²) in [5.41, 5.74) is 3.97. The van der Waals surface area contributed by atoms with Gasteiger partial charge in [-0.05, 0) is 24.5 Å². The van der Waals surface area contributed by atoms with Crippen molar-refractivity contribution in [1.82, 2.24) is 10.4 Å². The highest BCUT2D eigenvalue weighted by molar-refractivity contribution is 7.18. The van der Waals surface area contributed by atoms with Crippen LogP contribution < -0.4 is 11.3 Å². The monoisotopic (exact) mass is 279 g/mol. The fourth-order valence-corrected chi connectivity index (χ4v) is 3.31. The predicted molar refractivity (Wildman–Crippen MR) is 80.1 cm³/mol. The number of thiazole rings is 1. The van der Waals surface area contributed by atoms with Crippen molar-refractivity contribution in [2.24, 2.45) is 11.8 Å². The zero-order chi connectivity index (χ0) is 13.7. The van der Waals surface area contributed by atoms with Crippen molar-refractivity contribution >= 4 is 21.6 Å².